The number of likely N-dealkylation sites (tertiary alicyclic amines) is 1. The lowest BCUT2D eigenvalue weighted by atomic mass is 10.1. The molecule has 2 atom stereocenters. The Morgan fingerprint density at radius 1 is 1.43 bits per heavy atom. The molecule has 6 nitrogen and oxygen atoms in total. The van der Waals surface area contributed by atoms with Gasteiger partial charge >= 0.3 is 0 Å². The largest absolute Gasteiger partial charge is 0.500 e. The van der Waals surface area contributed by atoms with Gasteiger partial charge in [0.2, 0.25) is 0 Å². The zero-order valence-electron chi connectivity index (χ0n) is 12.6. The summed E-state index contributed by atoms with van der Waals surface area (Å²) in [6, 6.07) is 0.322. The lowest BCUT2D eigenvalue weighted by Gasteiger charge is -2.36. The van der Waals surface area contributed by atoms with E-state index in [1.54, 1.807) is 13.4 Å². The Morgan fingerprint density at radius 2 is 2.33 bits per heavy atom. The maximum Gasteiger partial charge on any atom is 0.253 e. The number of nitrogens with zero attached hydrogens (tertiary/aromatic N) is 2. The Balaban J connectivity index is 1.58. The van der Waals surface area contributed by atoms with Crippen molar-refractivity contribution >= 4 is 5.91 Å². The Labute approximate surface area is 125 Å². The normalized spacial score (nSPS) is 29.2. The molecule has 0 radical (unpaired) electrons. The number of hydrogen-bond acceptors (Lipinski definition) is 5. The van der Waals surface area contributed by atoms with Crippen LogP contribution in [0.4, 0.5) is 0 Å². The van der Waals surface area contributed by atoms with Crippen LogP contribution in [0.5, 0.6) is 0 Å². The van der Waals surface area contributed by atoms with Crippen molar-refractivity contribution in [2.75, 3.05) is 53.1 Å². The van der Waals surface area contributed by atoms with Crippen molar-refractivity contribution in [1.29, 1.82) is 0 Å². The highest BCUT2D eigenvalue weighted by molar-refractivity contribution is 5.93. The van der Waals surface area contributed by atoms with Gasteiger partial charge in [0.05, 0.1) is 37.2 Å². The average molecular weight is 296 g/mol. The first-order chi connectivity index (χ1) is 10.3. The fraction of sp³-hybridized carbons (Fsp3) is 0.800. The molecular weight excluding hydrogens is 272 g/mol. The molecule has 0 aromatic rings. The SMILES string of the molecule is COCCCN1CCO[C@H]2CN(C(=O)C3=COCC3)C[C@@H]21. The topological polar surface area (TPSA) is 51.2 Å². The van der Waals surface area contributed by atoms with E-state index in [4.69, 9.17) is 14.2 Å². The molecule has 3 aliphatic heterocycles. The predicted molar refractivity (Wildman–Crippen MR) is 76.8 cm³/mol. The fourth-order valence-electron chi connectivity index (χ4n) is 3.36. The third kappa shape index (κ3) is 3.22. The molecule has 0 bridgehead atoms. The van der Waals surface area contributed by atoms with Crippen LogP contribution in [0.1, 0.15) is 12.8 Å². The number of hydrogen-bond donors (Lipinski definition) is 0. The Morgan fingerprint density at radius 3 is 3.10 bits per heavy atom. The van der Waals surface area contributed by atoms with Gasteiger partial charge in [-0.3, -0.25) is 9.69 Å². The maximum absolute atomic E-state index is 12.4. The highest BCUT2D eigenvalue weighted by Crippen LogP contribution is 2.25. The number of carbonyl (C=O) groups is 1. The van der Waals surface area contributed by atoms with Gasteiger partial charge in [-0.05, 0) is 6.42 Å². The van der Waals surface area contributed by atoms with E-state index in [0.717, 1.165) is 51.3 Å². The standard InChI is InChI=1S/C15H24N2O4/c1-19-6-2-4-16-5-8-21-14-10-17(9-13(14)16)15(18)12-3-7-20-11-12/h11,13-14H,2-10H2,1H3/t13-,14-/m0/s1. The predicted octanol–water partition coefficient (Wildman–Crippen LogP) is 0.239. The molecular formula is C15H24N2O4. The lowest BCUT2D eigenvalue weighted by Crippen LogP contribution is -2.51. The lowest BCUT2D eigenvalue weighted by molar-refractivity contribution is -0.126. The van der Waals surface area contributed by atoms with Crippen LogP contribution in [0.15, 0.2) is 11.8 Å². The summed E-state index contributed by atoms with van der Waals surface area (Å²) in [5.41, 5.74) is 0.791. The number of amides is 1. The van der Waals surface area contributed by atoms with E-state index in [-0.39, 0.29) is 12.0 Å². The van der Waals surface area contributed by atoms with E-state index in [2.05, 4.69) is 4.90 Å². The van der Waals surface area contributed by atoms with Gasteiger partial charge in [-0.1, -0.05) is 0 Å². The molecule has 0 aliphatic carbocycles. The first-order valence-electron chi connectivity index (χ1n) is 7.74. The van der Waals surface area contributed by atoms with Crippen LogP contribution >= 0.6 is 0 Å². The van der Waals surface area contributed by atoms with E-state index < -0.39 is 0 Å². The second-order valence-electron chi connectivity index (χ2n) is 5.83. The van der Waals surface area contributed by atoms with Crippen LogP contribution < -0.4 is 0 Å². The molecule has 2 fully saturated rings. The van der Waals surface area contributed by atoms with E-state index in [0.29, 0.717) is 19.2 Å². The Bertz CT molecular complexity index is 412. The second kappa shape index (κ2) is 6.77. The number of ether oxygens (including phenoxy) is 3. The minimum Gasteiger partial charge on any atom is -0.500 e. The van der Waals surface area contributed by atoms with E-state index >= 15 is 0 Å². The van der Waals surface area contributed by atoms with Gasteiger partial charge in [-0.15, -0.1) is 0 Å². The number of carbonyl (C=O) groups excluding carboxylic acids is 1. The molecule has 0 N–H and O–H groups in total. The van der Waals surface area contributed by atoms with Crippen LogP contribution in [0.25, 0.3) is 0 Å². The number of morpholine rings is 1. The molecule has 1 amide bonds. The average Bonchev–Trinajstić information content (AvgIpc) is 3.16. The molecule has 2 saturated heterocycles. The molecule has 3 aliphatic rings. The van der Waals surface area contributed by atoms with Gasteiger partial charge in [0.15, 0.2) is 0 Å². The van der Waals surface area contributed by atoms with Crippen LogP contribution in [0, 0.1) is 0 Å². The molecule has 0 unspecified atom stereocenters. The van der Waals surface area contributed by atoms with Crippen molar-refractivity contribution in [3.8, 4) is 0 Å². The molecule has 3 heterocycles. The van der Waals surface area contributed by atoms with Crippen molar-refractivity contribution in [2.24, 2.45) is 0 Å². The summed E-state index contributed by atoms with van der Waals surface area (Å²) in [5, 5.41) is 0. The Hall–Kier alpha value is -1.11. The van der Waals surface area contributed by atoms with Gasteiger partial charge < -0.3 is 19.1 Å². The van der Waals surface area contributed by atoms with Crippen molar-refractivity contribution in [1.82, 2.24) is 9.80 Å². The van der Waals surface area contributed by atoms with Gasteiger partial charge in [-0.2, -0.15) is 0 Å². The molecule has 0 aromatic carbocycles. The minimum absolute atomic E-state index is 0.113. The summed E-state index contributed by atoms with van der Waals surface area (Å²) in [6.45, 7) is 5.56. The van der Waals surface area contributed by atoms with Crippen molar-refractivity contribution < 1.29 is 19.0 Å². The Kier molecular flexibility index (Phi) is 4.77. The van der Waals surface area contributed by atoms with Gasteiger partial charge in [-0.25, -0.2) is 0 Å². The van der Waals surface area contributed by atoms with Crippen molar-refractivity contribution in [3.63, 3.8) is 0 Å². The van der Waals surface area contributed by atoms with Crippen LogP contribution in [-0.4, -0.2) is 81.0 Å². The zero-order chi connectivity index (χ0) is 14.7. The van der Waals surface area contributed by atoms with Crippen LogP contribution in [0.3, 0.4) is 0 Å². The number of methoxy groups -OCH3 is 1. The summed E-state index contributed by atoms with van der Waals surface area (Å²) < 4.78 is 16.2. The fourth-order valence-corrected chi connectivity index (χ4v) is 3.36. The first kappa shape index (κ1) is 14.8. The molecule has 3 rings (SSSR count). The third-order valence-corrected chi connectivity index (χ3v) is 4.49. The summed E-state index contributed by atoms with van der Waals surface area (Å²) >= 11 is 0. The summed E-state index contributed by atoms with van der Waals surface area (Å²) in [4.78, 5) is 16.8. The van der Waals surface area contributed by atoms with Gasteiger partial charge in [0.1, 0.15) is 0 Å². The summed E-state index contributed by atoms with van der Waals surface area (Å²) in [6.07, 6.45) is 3.50. The number of rotatable bonds is 5. The zero-order valence-corrected chi connectivity index (χ0v) is 12.6. The molecule has 0 aromatic heterocycles. The highest BCUT2D eigenvalue weighted by atomic mass is 16.5. The first-order valence-corrected chi connectivity index (χ1v) is 7.74. The molecule has 118 valence electrons. The van der Waals surface area contributed by atoms with Gasteiger partial charge in [0.25, 0.3) is 5.91 Å². The quantitative estimate of drug-likeness (QED) is 0.680. The molecule has 0 spiro atoms. The van der Waals surface area contributed by atoms with E-state index in [9.17, 15) is 4.79 Å². The number of fused-ring (bicyclic) bond motifs is 1. The summed E-state index contributed by atoms with van der Waals surface area (Å²) in [7, 11) is 1.73. The summed E-state index contributed by atoms with van der Waals surface area (Å²) in [5.74, 6) is 0.113. The van der Waals surface area contributed by atoms with Crippen LogP contribution in [0.2, 0.25) is 0 Å². The maximum atomic E-state index is 12.4. The van der Waals surface area contributed by atoms with Crippen LogP contribution in [-0.2, 0) is 19.0 Å². The van der Waals surface area contributed by atoms with E-state index in [1.807, 2.05) is 4.90 Å². The van der Waals surface area contributed by atoms with Crippen molar-refractivity contribution in [3.05, 3.63) is 11.8 Å². The highest BCUT2D eigenvalue weighted by Gasteiger charge is 2.42. The van der Waals surface area contributed by atoms with E-state index in [1.165, 1.54) is 0 Å². The van der Waals surface area contributed by atoms with Crippen molar-refractivity contribution in [2.45, 2.75) is 25.0 Å². The van der Waals surface area contributed by atoms with Gasteiger partial charge in [0, 0.05) is 46.3 Å². The molecule has 6 heteroatoms. The monoisotopic (exact) mass is 296 g/mol. The molecule has 21 heavy (non-hydrogen) atoms. The minimum atomic E-state index is 0.113. The molecule has 0 saturated carbocycles. The third-order valence-electron chi connectivity index (χ3n) is 4.49. The smallest absolute Gasteiger partial charge is 0.253 e. The second-order valence-corrected chi connectivity index (χ2v) is 5.83.